The van der Waals surface area contributed by atoms with Gasteiger partial charge in [0.15, 0.2) is 10.8 Å². The van der Waals surface area contributed by atoms with Crippen LogP contribution < -0.4 is 0 Å². The number of aromatic nitrogens is 1. The first-order valence-electron chi connectivity index (χ1n) is 3.67. The molecule has 0 spiro atoms. The highest BCUT2D eigenvalue weighted by Crippen LogP contribution is 2.24. The molecule has 2 nitrogen and oxygen atoms in total. The van der Waals surface area contributed by atoms with Gasteiger partial charge >= 0.3 is 0 Å². The summed E-state index contributed by atoms with van der Waals surface area (Å²) < 4.78 is 14.0. The lowest BCUT2D eigenvalue weighted by molar-refractivity contribution is 0.636. The normalized spacial score (nSPS) is 10.2. The fourth-order valence-corrected chi connectivity index (χ4v) is 2.04. The fourth-order valence-electron chi connectivity index (χ4n) is 1.17. The Labute approximate surface area is 78.3 Å². The van der Waals surface area contributed by atoms with Gasteiger partial charge in [-0.3, -0.25) is 0 Å². The largest absolute Gasteiger partial charge is 0.223 e. The Kier molecular flexibility index (Phi) is 1.74. The quantitative estimate of drug-likeness (QED) is 0.643. The second-order valence-electron chi connectivity index (χ2n) is 2.72. The number of rotatable bonds is 0. The first-order valence-corrected chi connectivity index (χ1v) is 4.49. The van der Waals surface area contributed by atoms with Crippen LogP contribution in [0.4, 0.5) is 4.39 Å². The SMILES string of the molecule is Cc1cc(F)c2nc(C#N)sc2c1. The second kappa shape index (κ2) is 2.79. The monoisotopic (exact) mass is 192 g/mol. The van der Waals surface area contributed by atoms with Gasteiger partial charge in [-0.1, -0.05) is 0 Å². The lowest BCUT2D eigenvalue weighted by Gasteiger charge is -1.92. The Morgan fingerprint density at radius 2 is 2.31 bits per heavy atom. The lowest BCUT2D eigenvalue weighted by atomic mass is 10.2. The van der Waals surface area contributed by atoms with E-state index in [1.165, 1.54) is 17.4 Å². The van der Waals surface area contributed by atoms with Gasteiger partial charge in [0.2, 0.25) is 0 Å². The zero-order chi connectivity index (χ0) is 9.42. The van der Waals surface area contributed by atoms with Crippen molar-refractivity contribution in [3.8, 4) is 6.07 Å². The van der Waals surface area contributed by atoms with Gasteiger partial charge in [-0.2, -0.15) is 5.26 Å². The fraction of sp³-hybridized carbons (Fsp3) is 0.111. The third kappa shape index (κ3) is 1.27. The molecule has 0 N–H and O–H groups in total. The van der Waals surface area contributed by atoms with Crippen LogP contribution in [-0.2, 0) is 0 Å². The minimum Gasteiger partial charge on any atom is -0.223 e. The highest BCUT2D eigenvalue weighted by molar-refractivity contribution is 7.19. The number of hydrogen-bond acceptors (Lipinski definition) is 3. The molecule has 1 aromatic heterocycles. The molecule has 0 unspecified atom stereocenters. The molecule has 0 radical (unpaired) electrons. The molecule has 2 rings (SSSR count). The number of halogens is 1. The van der Waals surface area contributed by atoms with E-state index in [-0.39, 0.29) is 5.82 Å². The standard InChI is InChI=1S/C9H5FN2S/c1-5-2-6(10)9-7(3-5)13-8(4-11)12-9/h2-3H,1H3. The minimum atomic E-state index is -0.354. The van der Waals surface area contributed by atoms with Gasteiger partial charge < -0.3 is 0 Å². The molecule has 0 saturated heterocycles. The van der Waals surface area contributed by atoms with Gasteiger partial charge in [-0.15, -0.1) is 11.3 Å². The number of nitriles is 1. The third-order valence-corrected chi connectivity index (χ3v) is 2.60. The number of fused-ring (bicyclic) bond motifs is 1. The van der Waals surface area contributed by atoms with Crippen LogP contribution in [0.25, 0.3) is 10.2 Å². The predicted octanol–water partition coefficient (Wildman–Crippen LogP) is 2.62. The number of nitrogens with zero attached hydrogens (tertiary/aromatic N) is 2. The molecule has 2 aromatic rings. The van der Waals surface area contributed by atoms with Crippen molar-refractivity contribution in [1.82, 2.24) is 4.98 Å². The van der Waals surface area contributed by atoms with Crippen molar-refractivity contribution >= 4 is 21.6 Å². The number of aryl methyl sites for hydroxylation is 1. The van der Waals surface area contributed by atoms with Crippen molar-refractivity contribution in [2.45, 2.75) is 6.92 Å². The van der Waals surface area contributed by atoms with Gasteiger partial charge in [0.25, 0.3) is 0 Å². The molecular formula is C9H5FN2S. The highest BCUT2D eigenvalue weighted by atomic mass is 32.1. The Bertz CT molecular complexity index is 510. The Morgan fingerprint density at radius 3 is 3.00 bits per heavy atom. The van der Waals surface area contributed by atoms with E-state index in [0.29, 0.717) is 10.5 Å². The zero-order valence-electron chi connectivity index (χ0n) is 6.84. The minimum absolute atomic E-state index is 0.298. The van der Waals surface area contributed by atoms with Crippen molar-refractivity contribution in [1.29, 1.82) is 5.26 Å². The van der Waals surface area contributed by atoms with E-state index in [2.05, 4.69) is 4.98 Å². The maximum Gasteiger partial charge on any atom is 0.195 e. The van der Waals surface area contributed by atoms with Crippen molar-refractivity contribution in [2.24, 2.45) is 0 Å². The molecule has 13 heavy (non-hydrogen) atoms. The molecule has 1 aromatic carbocycles. The van der Waals surface area contributed by atoms with Gasteiger partial charge in [0.1, 0.15) is 11.6 Å². The molecule has 0 aliphatic rings. The first kappa shape index (κ1) is 8.14. The van der Waals surface area contributed by atoms with Crippen LogP contribution in [0.15, 0.2) is 12.1 Å². The van der Waals surface area contributed by atoms with Gasteiger partial charge in [0, 0.05) is 0 Å². The molecule has 0 amide bonds. The summed E-state index contributed by atoms with van der Waals surface area (Å²) in [6, 6.07) is 5.15. The second-order valence-corrected chi connectivity index (χ2v) is 3.75. The van der Waals surface area contributed by atoms with E-state index >= 15 is 0 Å². The molecule has 0 fully saturated rings. The molecule has 1 heterocycles. The zero-order valence-corrected chi connectivity index (χ0v) is 7.65. The third-order valence-electron chi connectivity index (χ3n) is 1.69. The summed E-state index contributed by atoms with van der Waals surface area (Å²) in [5, 5.41) is 8.88. The molecule has 0 aliphatic carbocycles. The molecule has 0 atom stereocenters. The summed E-state index contributed by atoms with van der Waals surface area (Å²) in [5.74, 6) is -0.354. The van der Waals surface area contributed by atoms with E-state index in [1.807, 2.05) is 19.1 Å². The molecule has 64 valence electrons. The van der Waals surface area contributed by atoms with Crippen molar-refractivity contribution in [3.05, 3.63) is 28.5 Å². The molecular weight excluding hydrogens is 187 g/mol. The van der Waals surface area contributed by atoms with E-state index in [0.717, 1.165) is 10.3 Å². The van der Waals surface area contributed by atoms with Crippen molar-refractivity contribution in [2.75, 3.05) is 0 Å². The smallest absolute Gasteiger partial charge is 0.195 e. The van der Waals surface area contributed by atoms with Crippen LogP contribution in [0.1, 0.15) is 10.6 Å². The van der Waals surface area contributed by atoms with E-state index in [9.17, 15) is 4.39 Å². The number of thiazole rings is 1. The highest BCUT2D eigenvalue weighted by Gasteiger charge is 2.08. The van der Waals surface area contributed by atoms with Crippen LogP contribution >= 0.6 is 11.3 Å². The predicted molar refractivity (Wildman–Crippen MR) is 49.0 cm³/mol. The Morgan fingerprint density at radius 1 is 1.54 bits per heavy atom. The summed E-state index contributed by atoms with van der Waals surface area (Å²) >= 11 is 1.21. The van der Waals surface area contributed by atoms with Gasteiger partial charge in [0.05, 0.1) is 4.70 Å². The summed E-state index contributed by atoms with van der Waals surface area (Å²) in [4.78, 5) is 3.85. The topological polar surface area (TPSA) is 36.7 Å². The maximum atomic E-state index is 13.2. The molecule has 0 bridgehead atoms. The van der Waals surface area contributed by atoms with Crippen LogP contribution in [0, 0.1) is 24.1 Å². The summed E-state index contributed by atoms with van der Waals surface area (Å²) in [7, 11) is 0. The van der Waals surface area contributed by atoms with Crippen LogP contribution in [-0.4, -0.2) is 4.98 Å². The first-order chi connectivity index (χ1) is 6.20. The van der Waals surface area contributed by atoms with Crippen LogP contribution in [0.2, 0.25) is 0 Å². The Balaban J connectivity index is 2.84. The van der Waals surface area contributed by atoms with Crippen LogP contribution in [0.5, 0.6) is 0 Å². The summed E-state index contributed by atoms with van der Waals surface area (Å²) in [5.41, 5.74) is 1.14. The van der Waals surface area contributed by atoms with Gasteiger partial charge in [-0.05, 0) is 24.6 Å². The Hall–Kier alpha value is -1.47. The van der Waals surface area contributed by atoms with E-state index in [1.54, 1.807) is 0 Å². The summed E-state index contributed by atoms with van der Waals surface area (Å²) in [6.45, 7) is 1.81. The van der Waals surface area contributed by atoms with Crippen molar-refractivity contribution in [3.63, 3.8) is 0 Å². The molecule has 4 heteroatoms. The van der Waals surface area contributed by atoms with Crippen LogP contribution in [0.3, 0.4) is 0 Å². The maximum absolute atomic E-state index is 13.2. The molecule has 0 aliphatic heterocycles. The average Bonchev–Trinajstić information content (AvgIpc) is 2.47. The van der Waals surface area contributed by atoms with E-state index in [4.69, 9.17) is 5.26 Å². The van der Waals surface area contributed by atoms with Crippen molar-refractivity contribution < 1.29 is 4.39 Å². The average molecular weight is 192 g/mol. The van der Waals surface area contributed by atoms with Gasteiger partial charge in [-0.25, -0.2) is 9.37 Å². The number of hydrogen-bond donors (Lipinski definition) is 0. The number of benzene rings is 1. The molecule has 0 saturated carbocycles. The lowest BCUT2D eigenvalue weighted by Crippen LogP contribution is -1.80. The summed E-state index contributed by atoms with van der Waals surface area (Å²) in [6.07, 6.45) is 0. The van der Waals surface area contributed by atoms with E-state index < -0.39 is 0 Å².